The molecule has 0 aliphatic heterocycles. The Morgan fingerprint density at radius 3 is 2.53 bits per heavy atom. The van der Waals surface area contributed by atoms with Crippen molar-refractivity contribution in [1.29, 1.82) is 0 Å². The minimum Gasteiger partial charge on any atom is -0.285 e. The summed E-state index contributed by atoms with van der Waals surface area (Å²) in [4.78, 5) is 10.5. The molecule has 0 aliphatic rings. The first-order valence-electron chi connectivity index (χ1n) is 4.31. The van der Waals surface area contributed by atoms with Crippen LogP contribution in [0.5, 0.6) is 0 Å². The van der Waals surface area contributed by atoms with Crippen molar-refractivity contribution in [3.05, 3.63) is 35.4 Å². The highest BCUT2D eigenvalue weighted by Crippen LogP contribution is 2.11. The Morgan fingerprint density at radius 2 is 1.93 bits per heavy atom. The molecule has 0 amide bonds. The highest BCUT2D eigenvalue weighted by molar-refractivity contribution is 7.90. The molecule has 1 radical (unpaired) electrons. The molecule has 0 unspecified atom stereocenters. The zero-order chi connectivity index (χ0) is 11.3. The maximum Gasteiger partial charge on any atom is 0.233 e. The van der Waals surface area contributed by atoms with Crippen LogP contribution in [0.15, 0.2) is 24.3 Å². The molecule has 5 heteroatoms. The SMILES string of the molecule is O=[C]c1ccccc1CS(=O)(=O)CCCl. The van der Waals surface area contributed by atoms with Gasteiger partial charge in [0.1, 0.15) is 0 Å². The predicted octanol–water partition coefficient (Wildman–Crippen LogP) is 1.30. The van der Waals surface area contributed by atoms with Gasteiger partial charge in [0.2, 0.25) is 6.29 Å². The zero-order valence-electron chi connectivity index (χ0n) is 7.94. The smallest absolute Gasteiger partial charge is 0.233 e. The molecule has 1 rings (SSSR count). The molecule has 0 aliphatic carbocycles. The van der Waals surface area contributed by atoms with Crippen molar-refractivity contribution in [2.75, 3.05) is 11.6 Å². The standard InChI is InChI=1S/C10H10ClO3S/c11-5-6-15(13,14)8-10-4-2-1-3-9(10)7-12/h1-4H,5-6,8H2. The van der Waals surface area contributed by atoms with Crippen LogP contribution in [0.4, 0.5) is 0 Å². The largest absolute Gasteiger partial charge is 0.285 e. The van der Waals surface area contributed by atoms with Crippen LogP contribution in [-0.2, 0) is 20.4 Å². The summed E-state index contributed by atoms with van der Waals surface area (Å²) in [5.74, 6) is -0.178. The van der Waals surface area contributed by atoms with E-state index in [1.165, 1.54) is 0 Å². The summed E-state index contributed by atoms with van der Waals surface area (Å²) in [5.41, 5.74) is 0.758. The summed E-state index contributed by atoms with van der Waals surface area (Å²) in [6.07, 6.45) is 1.71. The van der Waals surface area contributed by atoms with Crippen molar-refractivity contribution < 1.29 is 13.2 Å². The van der Waals surface area contributed by atoms with Crippen LogP contribution in [-0.4, -0.2) is 26.3 Å². The van der Waals surface area contributed by atoms with Crippen LogP contribution in [0, 0.1) is 0 Å². The minimum absolute atomic E-state index is 0.0648. The Labute approximate surface area is 94.0 Å². The van der Waals surface area contributed by atoms with Gasteiger partial charge in [0.05, 0.1) is 11.5 Å². The van der Waals surface area contributed by atoms with Crippen LogP contribution in [0.25, 0.3) is 0 Å². The topological polar surface area (TPSA) is 51.2 Å². The molecule has 3 nitrogen and oxygen atoms in total. The van der Waals surface area contributed by atoms with Gasteiger partial charge in [0.15, 0.2) is 9.84 Å². The van der Waals surface area contributed by atoms with Crippen molar-refractivity contribution in [2.45, 2.75) is 5.75 Å². The van der Waals surface area contributed by atoms with Crippen LogP contribution in [0.1, 0.15) is 11.1 Å². The monoisotopic (exact) mass is 245 g/mol. The molecule has 0 spiro atoms. The molecule has 0 atom stereocenters. The molecule has 1 aromatic rings. The first-order chi connectivity index (χ1) is 7.09. The van der Waals surface area contributed by atoms with E-state index in [1.54, 1.807) is 30.6 Å². The molecule has 0 aromatic heterocycles. The number of carbonyl (C=O) groups excluding carboxylic acids is 1. The first kappa shape index (κ1) is 12.2. The fraction of sp³-hybridized carbons (Fsp3) is 0.300. The number of hydrogen-bond donors (Lipinski definition) is 0. The van der Waals surface area contributed by atoms with Gasteiger partial charge in [-0.15, -0.1) is 11.6 Å². The highest BCUT2D eigenvalue weighted by Gasteiger charge is 2.13. The quantitative estimate of drug-likeness (QED) is 0.735. The van der Waals surface area contributed by atoms with E-state index in [0.717, 1.165) is 0 Å². The van der Waals surface area contributed by atoms with Gasteiger partial charge in [-0.2, -0.15) is 0 Å². The Bertz CT molecular complexity index is 440. The summed E-state index contributed by atoms with van der Waals surface area (Å²) >= 11 is 5.37. The third-order valence-electron chi connectivity index (χ3n) is 1.89. The Morgan fingerprint density at radius 1 is 1.27 bits per heavy atom. The lowest BCUT2D eigenvalue weighted by Crippen LogP contribution is -2.11. The van der Waals surface area contributed by atoms with E-state index in [4.69, 9.17) is 11.6 Å². The number of sulfone groups is 1. The van der Waals surface area contributed by atoms with Crippen molar-refractivity contribution in [2.24, 2.45) is 0 Å². The van der Waals surface area contributed by atoms with Crippen LogP contribution in [0.2, 0.25) is 0 Å². The van der Waals surface area contributed by atoms with Gasteiger partial charge in [0.25, 0.3) is 0 Å². The molecule has 81 valence electrons. The zero-order valence-corrected chi connectivity index (χ0v) is 9.51. The molecular weight excluding hydrogens is 236 g/mol. The van der Waals surface area contributed by atoms with E-state index < -0.39 is 9.84 Å². The third-order valence-corrected chi connectivity index (χ3v) is 3.88. The van der Waals surface area contributed by atoms with E-state index in [-0.39, 0.29) is 22.9 Å². The molecule has 0 fully saturated rings. The highest BCUT2D eigenvalue weighted by atomic mass is 35.5. The number of benzene rings is 1. The summed E-state index contributed by atoms with van der Waals surface area (Å²) in [6.45, 7) is 0. The van der Waals surface area contributed by atoms with Crippen molar-refractivity contribution >= 4 is 27.7 Å². The van der Waals surface area contributed by atoms with Gasteiger partial charge in [0, 0.05) is 11.4 Å². The fourth-order valence-corrected chi connectivity index (χ4v) is 2.98. The lowest BCUT2D eigenvalue weighted by atomic mass is 10.1. The molecule has 15 heavy (non-hydrogen) atoms. The second-order valence-electron chi connectivity index (χ2n) is 3.04. The van der Waals surface area contributed by atoms with Gasteiger partial charge in [-0.25, -0.2) is 8.42 Å². The van der Waals surface area contributed by atoms with Gasteiger partial charge in [-0.05, 0) is 5.56 Å². The lowest BCUT2D eigenvalue weighted by Gasteiger charge is -2.04. The Kier molecular flexibility index (Phi) is 4.29. The maximum absolute atomic E-state index is 11.5. The molecule has 0 N–H and O–H groups in total. The van der Waals surface area contributed by atoms with E-state index >= 15 is 0 Å². The number of alkyl halides is 1. The first-order valence-corrected chi connectivity index (χ1v) is 6.67. The van der Waals surface area contributed by atoms with E-state index in [0.29, 0.717) is 5.56 Å². The maximum atomic E-state index is 11.5. The molecule has 0 saturated carbocycles. The molecule has 0 saturated heterocycles. The normalized spacial score (nSPS) is 11.3. The number of rotatable bonds is 5. The summed E-state index contributed by atoms with van der Waals surface area (Å²) < 4.78 is 22.9. The molecule has 0 heterocycles. The minimum atomic E-state index is -3.23. The van der Waals surface area contributed by atoms with Crippen molar-refractivity contribution in [3.63, 3.8) is 0 Å². The second-order valence-corrected chi connectivity index (χ2v) is 5.60. The average Bonchev–Trinajstić information content (AvgIpc) is 2.17. The molecule has 0 bridgehead atoms. The van der Waals surface area contributed by atoms with Crippen LogP contribution >= 0.6 is 11.6 Å². The van der Waals surface area contributed by atoms with E-state index in [1.807, 2.05) is 0 Å². The molecule has 1 aromatic carbocycles. The van der Waals surface area contributed by atoms with E-state index in [2.05, 4.69) is 0 Å². The predicted molar refractivity (Wildman–Crippen MR) is 59.4 cm³/mol. The van der Waals surface area contributed by atoms with Crippen LogP contribution < -0.4 is 0 Å². The van der Waals surface area contributed by atoms with Gasteiger partial charge < -0.3 is 0 Å². The fourth-order valence-electron chi connectivity index (χ4n) is 1.17. The summed E-state index contributed by atoms with van der Waals surface area (Å²) in [7, 11) is -3.23. The van der Waals surface area contributed by atoms with Gasteiger partial charge >= 0.3 is 0 Å². The second kappa shape index (κ2) is 5.28. The third kappa shape index (κ3) is 3.64. The number of hydrogen-bond acceptors (Lipinski definition) is 3. The Balaban J connectivity index is 2.94. The van der Waals surface area contributed by atoms with Crippen molar-refractivity contribution in [1.82, 2.24) is 0 Å². The molecular formula is C10H10ClO3S. The van der Waals surface area contributed by atoms with Crippen LogP contribution in [0.3, 0.4) is 0 Å². The van der Waals surface area contributed by atoms with E-state index in [9.17, 15) is 13.2 Å². The van der Waals surface area contributed by atoms with Gasteiger partial charge in [-0.3, -0.25) is 4.79 Å². The summed E-state index contributed by atoms with van der Waals surface area (Å²) in [6, 6.07) is 6.49. The summed E-state index contributed by atoms with van der Waals surface area (Å²) in [5, 5.41) is 0. The lowest BCUT2D eigenvalue weighted by molar-refractivity contribution is 0.562. The van der Waals surface area contributed by atoms with Crippen molar-refractivity contribution in [3.8, 4) is 0 Å². The number of halogens is 1. The Hall–Kier alpha value is -0.870. The van der Waals surface area contributed by atoms with Gasteiger partial charge in [-0.1, -0.05) is 24.3 Å². The average molecular weight is 246 g/mol.